The monoisotopic (exact) mass is 355 g/mol. The van der Waals surface area contributed by atoms with Gasteiger partial charge in [-0.2, -0.15) is 0 Å². The van der Waals surface area contributed by atoms with E-state index in [1.165, 1.54) is 6.07 Å². The Balaban J connectivity index is 1.40. The normalized spacial score (nSPS) is 22.3. The summed E-state index contributed by atoms with van der Waals surface area (Å²) >= 11 is 0. The summed E-state index contributed by atoms with van der Waals surface area (Å²) in [5.74, 6) is 1.39. The lowest BCUT2D eigenvalue weighted by Crippen LogP contribution is -2.48. The SMILES string of the molecule is Cc1ccc(C(=O)N2CCN(C3=CC4=NC[C@@H](C)N4C=N3)CC2)cc1F. The van der Waals surface area contributed by atoms with Gasteiger partial charge in [0.05, 0.1) is 18.9 Å². The van der Waals surface area contributed by atoms with E-state index in [-0.39, 0.29) is 11.7 Å². The summed E-state index contributed by atoms with van der Waals surface area (Å²) in [6.07, 6.45) is 3.86. The molecule has 26 heavy (non-hydrogen) atoms. The summed E-state index contributed by atoms with van der Waals surface area (Å²) in [5.41, 5.74) is 0.952. The van der Waals surface area contributed by atoms with Crippen LogP contribution in [0.4, 0.5) is 4.39 Å². The summed E-state index contributed by atoms with van der Waals surface area (Å²) in [6, 6.07) is 5.02. The minimum atomic E-state index is -0.340. The summed E-state index contributed by atoms with van der Waals surface area (Å²) in [7, 11) is 0. The molecule has 6 nitrogen and oxygen atoms in total. The lowest BCUT2D eigenvalue weighted by Gasteiger charge is -2.37. The van der Waals surface area contributed by atoms with E-state index in [0.29, 0.717) is 43.3 Å². The topological polar surface area (TPSA) is 51.5 Å². The number of hydrogen-bond donors (Lipinski definition) is 0. The molecule has 0 bridgehead atoms. The zero-order chi connectivity index (χ0) is 18.3. The highest BCUT2D eigenvalue weighted by molar-refractivity contribution is 6.03. The van der Waals surface area contributed by atoms with Gasteiger partial charge in [-0.25, -0.2) is 9.38 Å². The fourth-order valence-electron chi connectivity index (χ4n) is 3.41. The van der Waals surface area contributed by atoms with E-state index in [0.717, 1.165) is 18.2 Å². The van der Waals surface area contributed by atoms with E-state index in [1.54, 1.807) is 24.0 Å². The quantitative estimate of drug-likeness (QED) is 0.814. The van der Waals surface area contributed by atoms with Gasteiger partial charge in [0.15, 0.2) is 0 Å². The maximum absolute atomic E-state index is 13.7. The first-order chi connectivity index (χ1) is 12.5. The number of amidine groups is 1. The molecule has 0 aromatic heterocycles. The Hall–Kier alpha value is -2.70. The standard InChI is InChI=1S/C19H22FN5O/c1-13-3-4-15(9-16(13)20)19(26)24-7-5-23(6-8-24)17-10-18-21-11-14(2)25(18)12-22-17/h3-4,9-10,12,14H,5-8,11H2,1-2H3/t14-/m1/s1. The van der Waals surface area contributed by atoms with Gasteiger partial charge in [0.1, 0.15) is 17.5 Å². The van der Waals surface area contributed by atoms with Crippen LogP contribution in [0.2, 0.25) is 0 Å². The van der Waals surface area contributed by atoms with E-state index in [9.17, 15) is 9.18 Å². The summed E-state index contributed by atoms with van der Waals surface area (Å²) < 4.78 is 13.7. The van der Waals surface area contributed by atoms with E-state index in [4.69, 9.17) is 0 Å². The molecule has 1 amide bonds. The molecule has 3 aliphatic heterocycles. The first-order valence-corrected chi connectivity index (χ1v) is 8.92. The van der Waals surface area contributed by atoms with Crippen LogP contribution in [0.3, 0.4) is 0 Å². The lowest BCUT2D eigenvalue weighted by atomic mass is 10.1. The van der Waals surface area contributed by atoms with Gasteiger partial charge in [0, 0.05) is 37.8 Å². The van der Waals surface area contributed by atoms with Crippen molar-refractivity contribution in [2.45, 2.75) is 19.9 Å². The highest BCUT2D eigenvalue weighted by Crippen LogP contribution is 2.20. The number of halogens is 1. The minimum absolute atomic E-state index is 0.121. The number of piperazine rings is 1. The van der Waals surface area contributed by atoms with Gasteiger partial charge in [-0.1, -0.05) is 6.07 Å². The molecule has 0 spiro atoms. The number of nitrogens with zero attached hydrogens (tertiary/aromatic N) is 5. The highest BCUT2D eigenvalue weighted by Gasteiger charge is 2.28. The third-order valence-electron chi connectivity index (χ3n) is 5.14. The largest absolute Gasteiger partial charge is 0.353 e. The van der Waals surface area contributed by atoms with Crippen LogP contribution >= 0.6 is 0 Å². The zero-order valence-corrected chi connectivity index (χ0v) is 15.0. The molecule has 136 valence electrons. The van der Waals surface area contributed by atoms with E-state index in [1.807, 2.05) is 12.4 Å². The van der Waals surface area contributed by atoms with Crippen LogP contribution in [0, 0.1) is 12.7 Å². The molecular formula is C19H22FN5O. The van der Waals surface area contributed by atoms with Crippen molar-refractivity contribution in [3.63, 3.8) is 0 Å². The van der Waals surface area contributed by atoms with E-state index in [2.05, 4.69) is 26.7 Å². The maximum Gasteiger partial charge on any atom is 0.254 e. The number of benzene rings is 1. The molecule has 1 aromatic carbocycles. The number of aliphatic imine (C=N–C) groups is 2. The molecular weight excluding hydrogens is 333 g/mol. The van der Waals surface area contributed by atoms with Crippen LogP contribution in [0.25, 0.3) is 0 Å². The summed E-state index contributed by atoms with van der Waals surface area (Å²) in [4.78, 5) is 27.7. The number of fused-ring (bicyclic) bond motifs is 1. The zero-order valence-electron chi connectivity index (χ0n) is 15.0. The molecule has 1 saturated heterocycles. The van der Waals surface area contributed by atoms with Gasteiger partial charge in [0.25, 0.3) is 5.91 Å². The Morgan fingerprint density at radius 1 is 1.23 bits per heavy atom. The van der Waals surface area contributed by atoms with Crippen molar-refractivity contribution in [3.05, 3.63) is 47.0 Å². The second-order valence-electron chi connectivity index (χ2n) is 6.95. The van der Waals surface area contributed by atoms with Gasteiger partial charge < -0.3 is 14.7 Å². The minimum Gasteiger partial charge on any atom is -0.353 e. The lowest BCUT2D eigenvalue weighted by molar-refractivity contribution is 0.0668. The van der Waals surface area contributed by atoms with Crippen molar-refractivity contribution in [2.24, 2.45) is 9.98 Å². The number of aryl methyl sites for hydroxylation is 1. The second kappa shape index (κ2) is 6.55. The fraction of sp³-hybridized carbons (Fsp3) is 0.421. The number of carbonyl (C=O) groups excluding carboxylic acids is 1. The summed E-state index contributed by atoms with van der Waals surface area (Å²) in [6.45, 7) is 7.19. The molecule has 3 aliphatic rings. The third kappa shape index (κ3) is 2.98. The van der Waals surface area contributed by atoms with Crippen molar-refractivity contribution >= 4 is 18.1 Å². The number of hydrogen-bond acceptors (Lipinski definition) is 5. The molecule has 1 atom stereocenters. The fourth-order valence-corrected chi connectivity index (χ4v) is 3.41. The molecule has 0 saturated carbocycles. The second-order valence-corrected chi connectivity index (χ2v) is 6.95. The third-order valence-corrected chi connectivity index (χ3v) is 5.14. The number of amides is 1. The Labute approximate surface area is 152 Å². The maximum atomic E-state index is 13.7. The van der Waals surface area contributed by atoms with Gasteiger partial charge in [-0.3, -0.25) is 9.79 Å². The Morgan fingerprint density at radius 3 is 2.73 bits per heavy atom. The van der Waals surface area contributed by atoms with Crippen LogP contribution in [-0.2, 0) is 0 Å². The Morgan fingerprint density at radius 2 is 2.00 bits per heavy atom. The molecule has 3 heterocycles. The van der Waals surface area contributed by atoms with Crippen LogP contribution in [-0.4, -0.2) is 71.5 Å². The predicted octanol–water partition coefficient (Wildman–Crippen LogP) is 1.88. The summed E-state index contributed by atoms with van der Waals surface area (Å²) in [5, 5.41) is 0. The van der Waals surface area contributed by atoms with Gasteiger partial charge in [0.2, 0.25) is 0 Å². The molecule has 1 fully saturated rings. The van der Waals surface area contributed by atoms with Crippen molar-refractivity contribution in [2.75, 3.05) is 32.7 Å². The van der Waals surface area contributed by atoms with Crippen molar-refractivity contribution in [3.8, 4) is 0 Å². The molecule has 0 unspecified atom stereocenters. The highest BCUT2D eigenvalue weighted by atomic mass is 19.1. The molecule has 0 radical (unpaired) electrons. The number of rotatable bonds is 2. The smallest absolute Gasteiger partial charge is 0.254 e. The van der Waals surface area contributed by atoms with Crippen LogP contribution in [0.1, 0.15) is 22.8 Å². The van der Waals surface area contributed by atoms with E-state index < -0.39 is 0 Å². The van der Waals surface area contributed by atoms with Gasteiger partial charge in [-0.05, 0) is 31.5 Å². The van der Waals surface area contributed by atoms with Gasteiger partial charge in [-0.15, -0.1) is 0 Å². The molecule has 7 heteroatoms. The van der Waals surface area contributed by atoms with Crippen LogP contribution < -0.4 is 0 Å². The molecule has 0 N–H and O–H groups in total. The molecule has 1 aromatic rings. The van der Waals surface area contributed by atoms with Crippen molar-refractivity contribution in [1.29, 1.82) is 0 Å². The molecule has 0 aliphatic carbocycles. The average Bonchev–Trinajstić information content (AvgIpc) is 3.04. The predicted molar refractivity (Wildman–Crippen MR) is 98.8 cm³/mol. The van der Waals surface area contributed by atoms with Crippen molar-refractivity contribution < 1.29 is 9.18 Å². The first kappa shape index (κ1) is 16.8. The van der Waals surface area contributed by atoms with E-state index >= 15 is 0 Å². The van der Waals surface area contributed by atoms with Gasteiger partial charge >= 0.3 is 0 Å². The Kier molecular flexibility index (Phi) is 4.22. The number of carbonyl (C=O) groups is 1. The first-order valence-electron chi connectivity index (χ1n) is 8.92. The average molecular weight is 355 g/mol. The molecule has 4 rings (SSSR count). The van der Waals surface area contributed by atoms with Crippen molar-refractivity contribution in [1.82, 2.24) is 14.7 Å². The van der Waals surface area contributed by atoms with Crippen LogP contribution in [0.15, 0.2) is 40.1 Å². The Bertz CT molecular complexity index is 823. The van der Waals surface area contributed by atoms with Crippen LogP contribution in [0.5, 0.6) is 0 Å².